The number of piperidine rings is 1. The number of carbonyl (C=O) groups is 1. The number of likely N-dealkylation sites (tertiary alicyclic amines) is 1. The van der Waals surface area contributed by atoms with E-state index < -0.39 is 6.10 Å². The molecule has 2 heterocycles. The number of hydrogen-bond acceptors (Lipinski definition) is 3. The molecule has 1 unspecified atom stereocenters. The molecule has 1 aliphatic heterocycles. The van der Waals surface area contributed by atoms with Crippen molar-refractivity contribution in [2.75, 3.05) is 13.1 Å². The molecule has 0 saturated carbocycles. The summed E-state index contributed by atoms with van der Waals surface area (Å²) in [6.45, 7) is 1.12. The van der Waals surface area contributed by atoms with Crippen molar-refractivity contribution in [3.05, 3.63) is 70.4 Å². The number of amides is 1. The van der Waals surface area contributed by atoms with Crippen molar-refractivity contribution in [3.63, 3.8) is 0 Å². The summed E-state index contributed by atoms with van der Waals surface area (Å²) in [7, 11) is 0. The van der Waals surface area contributed by atoms with Crippen molar-refractivity contribution in [2.24, 2.45) is 5.92 Å². The second kappa shape index (κ2) is 7.61. The highest BCUT2D eigenvalue weighted by Crippen LogP contribution is 2.30. The van der Waals surface area contributed by atoms with Gasteiger partial charge in [-0.05, 0) is 42.5 Å². The van der Waals surface area contributed by atoms with Gasteiger partial charge in [-0.2, -0.15) is 0 Å². The number of hydrogen-bond donors (Lipinski definition) is 1. The minimum absolute atomic E-state index is 0.0326. The fourth-order valence-electron chi connectivity index (χ4n) is 3.23. The van der Waals surface area contributed by atoms with Gasteiger partial charge < -0.3 is 14.6 Å². The fraction of sp³-hybridized carbons (Fsp3) is 0.368. The van der Waals surface area contributed by atoms with Crippen LogP contribution in [0.1, 0.15) is 24.5 Å². The standard InChI is InChI=1S/C19H21FN2O3/c20-16-6-4-14(5-7-16)19(25)15-8-11-21(12-9-15)18(24)13-22-10-2-1-3-17(22)23/h1-7,10,15,19,25H,8-9,11-13H2. The van der Waals surface area contributed by atoms with Gasteiger partial charge >= 0.3 is 0 Å². The Morgan fingerprint density at radius 1 is 1.16 bits per heavy atom. The van der Waals surface area contributed by atoms with Gasteiger partial charge in [-0.15, -0.1) is 0 Å². The summed E-state index contributed by atoms with van der Waals surface area (Å²) >= 11 is 0. The predicted molar refractivity (Wildman–Crippen MR) is 91.4 cm³/mol. The van der Waals surface area contributed by atoms with Crippen LogP contribution >= 0.6 is 0 Å². The lowest BCUT2D eigenvalue weighted by molar-refractivity contribution is -0.133. The van der Waals surface area contributed by atoms with E-state index in [1.165, 1.54) is 22.8 Å². The third kappa shape index (κ3) is 4.14. The molecule has 0 bridgehead atoms. The Labute approximate surface area is 145 Å². The molecule has 132 valence electrons. The number of aromatic nitrogens is 1. The van der Waals surface area contributed by atoms with E-state index in [1.807, 2.05) is 0 Å². The Morgan fingerprint density at radius 3 is 2.48 bits per heavy atom. The van der Waals surface area contributed by atoms with Crippen LogP contribution in [-0.2, 0) is 11.3 Å². The van der Waals surface area contributed by atoms with Crippen molar-refractivity contribution >= 4 is 5.91 Å². The zero-order valence-electron chi connectivity index (χ0n) is 13.8. The maximum absolute atomic E-state index is 13.0. The van der Waals surface area contributed by atoms with Gasteiger partial charge in [0.25, 0.3) is 5.56 Å². The fourth-order valence-corrected chi connectivity index (χ4v) is 3.23. The van der Waals surface area contributed by atoms with Crippen molar-refractivity contribution < 1.29 is 14.3 Å². The van der Waals surface area contributed by atoms with Crippen molar-refractivity contribution in [1.82, 2.24) is 9.47 Å². The summed E-state index contributed by atoms with van der Waals surface area (Å²) in [6, 6.07) is 10.7. The van der Waals surface area contributed by atoms with E-state index in [1.54, 1.807) is 35.4 Å². The lowest BCUT2D eigenvalue weighted by Gasteiger charge is -2.34. The molecule has 1 aromatic heterocycles. The van der Waals surface area contributed by atoms with Crippen LogP contribution in [0.5, 0.6) is 0 Å². The largest absolute Gasteiger partial charge is 0.388 e. The van der Waals surface area contributed by atoms with Crippen LogP contribution in [0.25, 0.3) is 0 Å². The molecule has 6 heteroatoms. The first kappa shape index (κ1) is 17.4. The summed E-state index contributed by atoms with van der Waals surface area (Å²) in [6.07, 6.45) is 2.29. The van der Waals surface area contributed by atoms with Crippen LogP contribution in [0.15, 0.2) is 53.5 Å². The molecule has 0 radical (unpaired) electrons. The highest BCUT2D eigenvalue weighted by molar-refractivity contribution is 5.76. The van der Waals surface area contributed by atoms with Crippen LogP contribution in [0.4, 0.5) is 4.39 Å². The van der Waals surface area contributed by atoms with Gasteiger partial charge in [-0.1, -0.05) is 18.2 Å². The SMILES string of the molecule is O=C(Cn1ccccc1=O)N1CCC(C(O)c2ccc(F)cc2)CC1. The second-order valence-corrected chi connectivity index (χ2v) is 6.38. The Hall–Kier alpha value is -2.47. The minimum Gasteiger partial charge on any atom is -0.388 e. The first-order valence-electron chi connectivity index (χ1n) is 8.41. The normalized spacial score (nSPS) is 16.6. The molecule has 25 heavy (non-hydrogen) atoms. The van der Waals surface area contributed by atoms with E-state index in [4.69, 9.17) is 0 Å². The van der Waals surface area contributed by atoms with Gasteiger partial charge in [0.2, 0.25) is 5.91 Å². The highest BCUT2D eigenvalue weighted by atomic mass is 19.1. The van der Waals surface area contributed by atoms with Crippen LogP contribution < -0.4 is 5.56 Å². The number of carbonyl (C=O) groups excluding carboxylic acids is 1. The van der Waals surface area contributed by atoms with E-state index in [2.05, 4.69) is 0 Å². The monoisotopic (exact) mass is 344 g/mol. The maximum Gasteiger partial charge on any atom is 0.250 e. The average molecular weight is 344 g/mol. The van der Waals surface area contributed by atoms with Crippen LogP contribution in [-0.4, -0.2) is 33.6 Å². The highest BCUT2D eigenvalue weighted by Gasteiger charge is 2.28. The average Bonchev–Trinajstić information content (AvgIpc) is 2.64. The van der Waals surface area contributed by atoms with Gasteiger partial charge in [-0.25, -0.2) is 4.39 Å². The Balaban J connectivity index is 1.56. The van der Waals surface area contributed by atoms with Gasteiger partial charge in [-0.3, -0.25) is 9.59 Å². The molecule has 1 saturated heterocycles. The molecule has 1 atom stereocenters. The Bertz CT molecular complexity index is 780. The first-order chi connectivity index (χ1) is 12.0. The molecule has 1 N–H and O–H groups in total. The van der Waals surface area contributed by atoms with Gasteiger partial charge in [0, 0.05) is 25.4 Å². The summed E-state index contributed by atoms with van der Waals surface area (Å²) in [5.74, 6) is -0.385. The topological polar surface area (TPSA) is 62.5 Å². The molecule has 2 aromatic rings. The number of aliphatic hydroxyl groups excluding tert-OH is 1. The molecule has 1 fully saturated rings. The molecule has 0 spiro atoms. The molecule has 1 amide bonds. The summed E-state index contributed by atoms with van der Waals surface area (Å²) in [5.41, 5.74) is 0.500. The molecule has 5 nitrogen and oxygen atoms in total. The third-order valence-electron chi connectivity index (χ3n) is 4.75. The van der Waals surface area contributed by atoms with Gasteiger partial charge in [0.1, 0.15) is 12.4 Å². The molecular formula is C19H21FN2O3. The molecule has 3 rings (SSSR count). The first-order valence-corrected chi connectivity index (χ1v) is 8.41. The van der Waals surface area contributed by atoms with Crippen LogP contribution in [0, 0.1) is 11.7 Å². The Kier molecular flexibility index (Phi) is 5.28. The zero-order chi connectivity index (χ0) is 17.8. The van der Waals surface area contributed by atoms with Crippen LogP contribution in [0.2, 0.25) is 0 Å². The van der Waals surface area contributed by atoms with Gasteiger partial charge in [0.15, 0.2) is 0 Å². The third-order valence-corrected chi connectivity index (χ3v) is 4.75. The van der Waals surface area contributed by atoms with Crippen LogP contribution in [0.3, 0.4) is 0 Å². The van der Waals surface area contributed by atoms with E-state index in [0.29, 0.717) is 31.5 Å². The van der Waals surface area contributed by atoms with Crippen molar-refractivity contribution in [1.29, 1.82) is 0 Å². The number of aliphatic hydroxyl groups is 1. The lowest BCUT2D eigenvalue weighted by Crippen LogP contribution is -2.42. The zero-order valence-corrected chi connectivity index (χ0v) is 13.8. The van der Waals surface area contributed by atoms with Crippen molar-refractivity contribution in [2.45, 2.75) is 25.5 Å². The van der Waals surface area contributed by atoms with Gasteiger partial charge in [0.05, 0.1) is 6.10 Å². The number of halogens is 1. The molecule has 0 aliphatic carbocycles. The predicted octanol–water partition coefficient (Wildman–Crippen LogP) is 1.96. The summed E-state index contributed by atoms with van der Waals surface area (Å²) in [5, 5.41) is 10.5. The van der Waals surface area contributed by atoms with E-state index in [9.17, 15) is 19.1 Å². The number of pyridine rings is 1. The molecule has 1 aromatic carbocycles. The molecule has 1 aliphatic rings. The summed E-state index contributed by atoms with van der Waals surface area (Å²) in [4.78, 5) is 25.8. The van der Waals surface area contributed by atoms with E-state index in [-0.39, 0.29) is 29.7 Å². The number of benzene rings is 1. The molecular weight excluding hydrogens is 323 g/mol. The maximum atomic E-state index is 13.0. The quantitative estimate of drug-likeness (QED) is 0.922. The number of nitrogens with zero attached hydrogens (tertiary/aromatic N) is 2. The second-order valence-electron chi connectivity index (χ2n) is 6.38. The van der Waals surface area contributed by atoms with Crippen molar-refractivity contribution in [3.8, 4) is 0 Å². The van der Waals surface area contributed by atoms with E-state index in [0.717, 1.165) is 0 Å². The minimum atomic E-state index is -0.658. The smallest absolute Gasteiger partial charge is 0.250 e. The lowest BCUT2D eigenvalue weighted by atomic mass is 9.87. The summed E-state index contributed by atoms with van der Waals surface area (Å²) < 4.78 is 14.4. The number of rotatable bonds is 4. The Morgan fingerprint density at radius 2 is 1.84 bits per heavy atom. The van der Waals surface area contributed by atoms with E-state index >= 15 is 0 Å².